The molecule has 0 aliphatic heterocycles. The molecular formula is C20H30O3. The van der Waals surface area contributed by atoms with Crippen molar-refractivity contribution >= 4 is 6.08 Å². The molecule has 0 saturated heterocycles. The summed E-state index contributed by atoms with van der Waals surface area (Å²) >= 11 is 0. The van der Waals surface area contributed by atoms with Crippen LogP contribution < -0.4 is 0 Å². The van der Waals surface area contributed by atoms with Gasteiger partial charge in [0.2, 0.25) is 0 Å². The third-order valence-electron chi connectivity index (χ3n) is 4.74. The van der Waals surface area contributed by atoms with E-state index >= 15 is 0 Å². The fourth-order valence-corrected chi connectivity index (χ4v) is 3.47. The first kappa shape index (κ1) is 18.2. The minimum atomic E-state index is -0.571. The maximum atomic E-state index is 11.0. The van der Waals surface area contributed by atoms with Gasteiger partial charge in [-0.2, -0.15) is 0 Å². The Morgan fingerprint density at radius 3 is 2.52 bits per heavy atom. The van der Waals surface area contributed by atoms with Gasteiger partial charge in [0.05, 0.1) is 6.10 Å². The zero-order valence-corrected chi connectivity index (χ0v) is 14.4. The smallest absolute Gasteiger partial charge is 0.146 e. The normalized spacial score (nSPS) is 19.5. The van der Waals surface area contributed by atoms with Crippen molar-refractivity contribution in [2.24, 2.45) is 5.92 Å². The summed E-state index contributed by atoms with van der Waals surface area (Å²) in [4.78, 5) is 0. The highest BCUT2D eigenvalue weighted by Crippen LogP contribution is 2.32. The van der Waals surface area contributed by atoms with E-state index < -0.39 is 6.10 Å². The topological polar surface area (TPSA) is 38.7 Å². The lowest BCUT2D eigenvalue weighted by molar-refractivity contribution is -0.129. The number of aliphatic hydroxyl groups excluding tert-OH is 1. The van der Waals surface area contributed by atoms with Crippen LogP contribution >= 0.6 is 0 Å². The van der Waals surface area contributed by atoms with Crippen LogP contribution in [-0.2, 0) is 9.47 Å². The summed E-state index contributed by atoms with van der Waals surface area (Å²) in [6, 6.07) is 10.2. The predicted molar refractivity (Wildman–Crippen MR) is 94.0 cm³/mol. The van der Waals surface area contributed by atoms with Gasteiger partial charge in [-0.05, 0) is 36.3 Å². The third kappa shape index (κ3) is 5.45. The van der Waals surface area contributed by atoms with Crippen LogP contribution in [0.5, 0.6) is 0 Å². The quantitative estimate of drug-likeness (QED) is 0.722. The average Bonchev–Trinajstić information content (AvgIpc) is 2.61. The molecule has 1 N–H and O–H groups in total. The molecule has 0 spiro atoms. The fourth-order valence-electron chi connectivity index (χ4n) is 3.47. The molecule has 0 aromatic heterocycles. The highest BCUT2D eigenvalue weighted by atomic mass is 16.7. The maximum absolute atomic E-state index is 11.0. The van der Waals surface area contributed by atoms with Gasteiger partial charge in [0.15, 0.2) is 0 Å². The molecular weight excluding hydrogens is 288 g/mol. The van der Waals surface area contributed by atoms with Crippen LogP contribution in [0.25, 0.3) is 6.08 Å². The van der Waals surface area contributed by atoms with E-state index in [2.05, 4.69) is 25.1 Å². The van der Waals surface area contributed by atoms with E-state index in [9.17, 15) is 5.11 Å². The number of benzene rings is 1. The van der Waals surface area contributed by atoms with Gasteiger partial charge in [-0.1, -0.05) is 62.6 Å². The summed E-state index contributed by atoms with van der Waals surface area (Å²) in [6.45, 7) is 2.33. The zero-order valence-electron chi connectivity index (χ0n) is 14.4. The molecule has 0 amide bonds. The van der Waals surface area contributed by atoms with E-state index in [0.29, 0.717) is 5.92 Å². The summed E-state index contributed by atoms with van der Waals surface area (Å²) in [5, 5.41) is 11.0. The summed E-state index contributed by atoms with van der Waals surface area (Å²) in [5.74, 6) is 0.416. The largest absolute Gasteiger partial charge is 0.386 e. The van der Waals surface area contributed by atoms with Crippen molar-refractivity contribution < 1.29 is 14.6 Å². The highest BCUT2D eigenvalue weighted by molar-refractivity contribution is 5.53. The Bertz CT molecular complexity index is 463. The Morgan fingerprint density at radius 2 is 1.91 bits per heavy atom. The number of methoxy groups -OCH3 is 1. The Kier molecular flexibility index (Phi) is 7.80. The summed E-state index contributed by atoms with van der Waals surface area (Å²) in [6.07, 6.45) is 8.18. The molecule has 1 fully saturated rings. The molecule has 1 aliphatic carbocycles. The van der Waals surface area contributed by atoms with Gasteiger partial charge in [-0.25, -0.2) is 0 Å². The van der Waals surface area contributed by atoms with Crippen LogP contribution in [0.3, 0.4) is 0 Å². The number of hydrogen-bond donors (Lipinski definition) is 1. The molecule has 0 unspecified atom stereocenters. The van der Waals surface area contributed by atoms with Gasteiger partial charge in [0.25, 0.3) is 0 Å². The third-order valence-corrected chi connectivity index (χ3v) is 4.74. The van der Waals surface area contributed by atoms with Crippen molar-refractivity contribution in [3.63, 3.8) is 0 Å². The molecule has 128 valence electrons. The number of rotatable bonds is 8. The SMILES string of the molecule is CC/C(=C\c1ccccc1)[C@H](O)[C@H](OCOC)C1CCCCC1. The van der Waals surface area contributed by atoms with Crippen LogP contribution in [-0.4, -0.2) is 31.2 Å². The highest BCUT2D eigenvalue weighted by Gasteiger charge is 2.32. The molecule has 3 heteroatoms. The molecule has 0 bridgehead atoms. The molecule has 2 rings (SSSR count). The first-order valence-electron chi connectivity index (χ1n) is 8.80. The first-order valence-corrected chi connectivity index (χ1v) is 8.80. The molecule has 0 radical (unpaired) electrons. The van der Waals surface area contributed by atoms with E-state index in [1.165, 1.54) is 19.3 Å². The maximum Gasteiger partial charge on any atom is 0.146 e. The lowest BCUT2D eigenvalue weighted by Crippen LogP contribution is -2.38. The molecule has 1 saturated carbocycles. The second-order valence-corrected chi connectivity index (χ2v) is 6.36. The second-order valence-electron chi connectivity index (χ2n) is 6.36. The standard InChI is InChI=1S/C20H30O3/c1-3-17(14-16-10-6-4-7-11-16)19(21)20(23-15-22-2)18-12-8-5-9-13-18/h4,6-7,10-11,14,18-21H,3,5,8-9,12-13,15H2,1-2H3/b17-14+/t19-,20+/m0/s1. The number of ether oxygens (including phenoxy) is 2. The Morgan fingerprint density at radius 1 is 1.22 bits per heavy atom. The summed E-state index contributed by atoms with van der Waals surface area (Å²) in [7, 11) is 1.63. The van der Waals surface area contributed by atoms with Crippen molar-refractivity contribution in [1.29, 1.82) is 0 Å². The van der Waals surface area contributed by atoms with E-state index in [-0.39, 0.29) is 12.9 Å². The predicted octanol–water partition coefficient (Wildman–Crippen LogP) is 4.41. The molecule has 1 aromatic carbocycles. The Balaban J connectivity index is 2.15. The molecule has 1 aliphatic rings. The fraction of sp³-hybridized carbons (Fsp3) is 0.600. The van der Waals surface area contributed by atoms with Gasteiger partial charge in [0, 0.05) is 7.11 Å². The number of aliphatic hydroxyl groups is 1. The summed E-state index contributed by atoms with van der Waals surface area (Å²) in [5.41, 5.74) is 2.15. The molecule has 2 atom stereocenters. The van der Waals surface area contributed by atoms with E-state index in [1.807, 2.05) is 18.2 Å². The minimum absolute atomic E-state index is 0.176. The van der Waals surface area contributed by atoms with Crippen LogP contribution in [0.4, 0.5) is 0 Å². The molecule has 23 heavy (non-hydrogen) atoms. The van der Waals surface area contributed by atoms with Crippen molar-refractivity contribution in [3.05, 3.63) is 41.5 Å². The van der Waals surface area contributed by atoms with Crippen LogP contribution in [0.2, 0.25) is 0 Å². The molecule has 3 nitrogen and oxygen atoms in total. The van der Waals surface area contributed by atoms with Crippen molar-refractivity contribution in [3.8, 4) is 0 Å². The second kappa shape index (κ2) is 9.86. The Hall–Kier alpha value is -1.16. The average molecular weight is 318 g/mol. The molecule has 1 aromatic rings. The van der Waals surface area contributed by atoms with Crippen LogP contribution in [0, 0.1) is 5.92 Å². The minimum Gasteiger partial charge on any atom is -0.386 e. The monoisotopic (exact) mass is 318 g/mol. The van der Waals surface area contributed by atoms with Gasteiger partial charge in [0.1, 0.15) is 12.9 Å². The van der Waals surface area contributed by atoms with Crippen LogP contribution in [0.1, 0.15) is 51.0 Å². The first-order chi connectivity index (χ1) is 11.3. The lowest BCUT2D eigenvalue weighted by Gasteiger charge is -2.34. The van der Waals surface area contributed by atoms with E-state index in [1.54, 1.807) is 7.11 Å². The van der Waals surface area contributed by atoms with Gasteiger partial charge in [-0.15, -0.1) is 0 Å². The number of hydrogen-bond acceptors (Lipinski definition) is 3. The zero-order chi connectivity index (χ0) is 16.5. The van der Waals surface area contributed by atoms with Crippen molar-refractivity contribution in [1.82, 2.24) is 0 Å². The Labute approximate surface area is 140 Å². The van der Waals surface area contributed by atoms with Crippen molar-refractivity contribution in [2.75, 3.05) is 13.9 Å². The lowest BCUT2D eigenvalue weighted by atomic mass is 9.81. The van der Waals surface area contributed by atoms with Crippen LogP contribution in [0.15, 0.2) is 35.9 Å². The van der Waals surface area contributed by atoms with Gasteiger partial charge in [-0.3, -0.25) is 0 Å². The summed E-state index contributed by atoms with van der Waals surface area (Å²) < 4.78 is 11.0. The van der Waals surface area contributed by atoms with E-state index in [0.717, 1.165) is 30.4 Å². The van der Waals surface area contributed by atoms with E-state index in [4.69, 9.17) is 9.47 Å². The molecule has 0 heterocycles. The van der Waals surface area contributed by atoms with Crippen molar-refractivity contribution in [2.45, 2.75) is 57.7 Å². The van der Waals surface area contributed by atoms with Gasteiger partial charge < -0.3 is 14.6 Å². The van der Waals surface area contributed by atoms with Gasteiger partial charge >= 0.3 is 0 Å².